The number of benzene rings is 2. The number of nitrogens with two attached hydrogens (primary N) is 1. The smallest absolute Gasteiger partial charge is 0.289 e. The number of nitro benzene ring substituents is 1. The van der Waals surface area contributed by atoms with Crippen LogP contribution in [-0.2, 0) is 9.59 Å². The number of rotatable bonds is 7. The Balaban J connectivity index is 1.42. The van der Waals surface area contributed by atoms with Crippen molar-refractivity contribution in [1.29, 1.82) is 5.26 Å². The summed E-state index contributed by atoms with van der Waals surface area (Å²) in [5.41, 5.74) is 8.52. The average molecular weight is 622 g/mol. The Morgan fingerprint density at radius 1 is 1.29 bits per heavy atom. The molecule has 14 heteroatoms. The monoisotopic (exact) mass is 621 g/mol. The van der Waals surface area contributed by atoms with Crippen molar-refractivity contribution in [2.24, 2.45) is 11.1 Å². The predicted molar refractivity (Wildman–Crippen MR) is 161 cm³/mol. The molecule has 1 aliphatic heterocycles. The minimum Gasteiger partial charge on any atom is -0.384 e. The molecule has 0 radical (unpaired) electrons. The van der Waals surface area contributed by atoms with Crippen molar-refractivity contribution in [2.75, 3.05) is 16.0 Å². The highest BCUT2D eigenvalue weighted by Gasteiger charge is 2.45. The quantitative estimate of drug-likeness (QED) is 0.188. The van der Waals surface area contributed by atoms with E-state index in [1.807, 2.05) is 44.2 Å². The van der Waals surface area contributed by atoms with E-state index >= 15 is 0 Å². The number of Topliss-reactive ketones (excluding diaryl/α,β-unsaturated/α-hetero) is 1. The third kappa shape index (κ3) is 5.74. The molecule has 1 unspecified atom stereocenters. The van der Waals surface area contributed by atoms with E-state index in [1.54, 1.807) is 4.90 Å². The van der Waals surface area contributed by atoms with Crippen LogP contribution < -0.4 is 16.0 Å². The van der Waals surface area contributed by atoms with E-state index in [2.05, 4.69) is 21.6 Å². The second kappa shape index (κ2) is 11.6. The van der Waals surface area contributed by atoms with Crippen molar-refractivity contribution in [3.8, 4) is 6.07 Å². The SMILES string of the molecule is CC1(C)CC(=O)C2=C(C1)N(c1nnc(SCC(=O)Nc3ccc(Cl)c([N+](=O)[O-])c3)s1)C(N)=C(C#N)C2c1ccccc1. The summed E-state index contributed by atoms with van der Waals surface area (Å²) < 4.78 is 0.460. The van der Waals surface area contributed by atoms with Crippen molar-refractivity contribution in [3.63, 3.8) is 0 Å². The number of anilines is 2. The fourth-order valence-electron chi connectivity index (χ4n) is 5.11. The highest BCUT2D eigenvalue weighted by molar-refractivity contribution is 8.01. The summed E-state index contributed by atoms with van der Waals surface area (Å²) in [6.07, 6.45) is 0.874. The van der Waals surface area contributed by atoms with Gasteiger partial charge in [0.2, 0.25) is 11.0 Å². The standard InChI is InChI=1S/C28H24ClN7O4S2/c1-28(2)11-20-24(21(37)12-28)23(15-6-4-3-5-7-15)17(13-30)25(31)35(20)26-33-34-27(42-26)41-14-22(38)32-16-8-9-18(29)19(10-16)36(39)40/h3-10,23H,11-12,14,31H2,1-2H3,(H,32,38). The van der Waals surface area contributed by atoms with E-state index in [4.69, 9.17) is 17.3 Å². The van der Waals surface area contributed by atoms with Crippen LogP contribution in [0.25, 0.3) is 0 Å². The Morgan fingerprint density at radius 2 is 2.02 bits per heavy atom. The van der Waals surface area contributed by atoms with Gasteiger partial charge in [-0.2, -0.15) is 5.26 Å². The van der Waals surface area contributed by atoms with Gasteiger partial charge in [0.05, 0.1) is 28.2 Å². The molecule has 3 aromatic rings. The van der Waals surface area contributed by atoms with Crippen LogP contribution in [0.15, 0.2) is 75.5 Å². The van der Waals surface area contributed by atoms with Gasteiger partial charge < -0.3 is 11.1 Å². The van der Waals surface area contributed by atoms with Crippen molar-refractivity contribution >= 4 is 62.9 Å². The summed E-state index contributed by atoms with van der Waals surface area (Å²) in [5, 5.41) is 32.8. The number of nitriles is 1. The van der Waals surface area contributed by atoms with E-state index in [0.717, 1.165) is 17.3 Å². The Hall–Kier alpha value is -4.25. The highest BCUT2D eigenvalue weighted by atomic mass is 35.5. The molecule has 1 aromatic heterocycles. The van der Waals surface area contributed by atoms with Gasteiger partial charge in [-0.15, -0.1) is 10.2 Å². The zero-order valence-corrected chi connectivity index (χ0v) is 24.8. The molecule has 3 N–H and O–H groups in total. The normalized spacial score (nSPS) is 18.0. The van der Waals surface area contributed by atoms with E-state index in [1.165, 1.54) is 29.5 Å². The lowest BCUT2D eigenvalue weighted by Crippen LogP contribution is -2.42. The molecule has 0 spiro atoms. The number of hydrogen-bond donors (Lipinski definition) is 2. The molecule has 2 aromatic carbocycles. The van der Waals surface area contributed by atoms with Gasteiger partial charge in [-0.3, -0.25) is 24.6 Å². The fourth-order valence-corrected chi connectivity index (χ4v) is 6.98. The largest absolute Gasteiger partial charge is 0.384 e. The van der Waals surface area contributed by atoms with Crippen molar-refractivity contribution in [1.82, 2.24) is 10.2 Å². The number of nitrogens with one attached hydrogen (secondary N) is 1. The van der Waals surface area contributed by atoms with Crippen LogP contribution >= 0.6 is 34.7 Å². The van der Waals surface area contributed by atoms with Gasteiger partial charge in [-0.1, -0.05) is 78.9 Å². The summed E-state index contributed by atoms with van der Waals surface area (Å²) in [6, 6.07) is 15.6. The van der Waals surface area contributed by atoms with Gasteiger partial charge in [0.1, 0.15) is 10.8 Å². The van der Waals surface area contributed by atoms with E-state index in [0.29, 0.717) is 33.6 Å². The molecule has 0 saturated heterocycles. The van der Waals surface area contributed by atoms with Crippen LogP contribution in [0.4, 0.5) is 16.5 Å². The van der Waals surface area contributed by atoms with Gasteiger partial charge >= 0.3 is 0 Å². The molecular weight excluding hydrogens is 598 g/mol. The van der Waals surface area contributed by atoms with Crippen LogP contribution in [0.3, 0.4) is 0 Å². The Labute approximate surface area is 254 Å². The fraction of sp³-hybridized carbons (Fsp3) is 0.250. The van der Waals surface area contributed by atoms with Crippen LogP contribution in [0.2, 0.25) is 5.02 Å². The first-order valence-electron chi connectivity index (χ1n) is 12.7. The Kier molecular flexibility index (Phi) is 8.05. The minimum absolute atomic E-state index is 0.0317. The summed E-state index contributed by atoms with van der Waals surface area (Å²) in [7, 11) is 0. The molecule has 0 fully saturated rings. The number of allylic oxidation sites excluding steroid dienone is 3. The van der Waals surface area contributed by atoms with Gasteiger partial charge in [0.25, 0.3) is 5.69 Å². The number of carbonyl (C=O) groups is 2. The zero-order chi connectivity index (χ0) is 30.2. The minimum atomic E-state index is -0.627. The third-order valence-corrected chi connectivity index (χ3v) is 9.22. The molecule has 1 atom stereocenters. The number of amides is 1. The van der Waals surface area contributed by atoms with E-state index in [9.17, 15) is 25.0 Å². The molecule has 214 valence electrons. The molecule has 2 aliphatic rings. The van der Waals surface area contributed by atoms with E-state index < -0.39 is 16.7 Å². The molecule has 5 rings (SSSR count). The number of carbonyl (C=O) groups excluding carboxylic acids is 2. The first kappa shape index (κ1) is 29.2. The molecule has 1 amide bonds. The molecule has 1 aliphatic carbocycles. The van der Waals surface area contributed by atoms with E-state index in [-0.39, 0.29) is 44.7 Å². The number of ketones is 1. The lowest BCUT2D eigenvalue weighted by molar-refractivity contribution is -0.384. The molecule has 0 saturated carbocycles. The predicted octanol–water partition coefficient (Wildman–Crippen LogP) is 5.77. The molecule has 42 heavy (non-hydrogen) atoms. The van der Waals surface area contributed by atoms with Gasteiger partial charge in [0, 0.05) is 29.4 Å². The van der Waals surface area contributed by atoms with Crippen LogP contribution in [-0.4, -0.2) is 32.6 Å². The molecule has 0 bridgehead atoms. The number of nitro groups is 1. The van der Waals surface area contributed by atoms with Gasteiger partial charge in [-0.05, 0) is 29.5 Å². The van der Waals surface area contributed by atoms with Gasteiger partial charge in [0.15, 0.2) is 10.1 Å². The second-order valence-electron chi connectivity index (χ2n) is 10.5. The molecule has 2 heterocycles. The summed E-state index contributed by atoms with van der Waals surface area (Å²) in [6.45, 7) is 4.03. The summed E-state index contributed by atoms with van der Waals surface area (Å²) >= 11 is 8.14. The lowest BCUT2D eigenvalue weighted by Gasteiger charge is -2.42. The first-order chi connectivity index (χ1) is 20.0. The summed E-state index contributed by atoms with van der Waals surface area (Å²) in [4.78, 5) is 38.3. The van der Waals surface area contributed by atoms with Crippen molar-refractivity contribution in [3.05, 3.63) is 91.9 Å². The Bertz CT molecular complexity index is 1710. The number of thioether (sulfide) groups is 1. The number of hydrogen-bond acceptors (Lipinski definition) is 11. The molecule has 11 nitrogen and oxygen atoms in total. The van der Waals surface area contributed by atoms with Crippen LogP contribution in [0.5, 0.6) is 0 Å². The number of nitrogens with zero attached hydrogens (tertiary/aromatic N) is 5. The number of halogens is 1. The first-order valence-corrected chi connectivity index (χ1v) is 14.9. The highest BCUT2D eigenvalue weighted by Crippen LogP contribution is 2.50. The topological polar surface area (TPSA) is 168 Å². The van der Waals surface area contributed by atoms with Crippen molar-refractivity contribution in [2.45, 2.75) is 36.9 Å². The number of aromatic nitrogens is 2. The Morgan fingerprint density at radius 3 is 2.71 bits per heavy atom. The lowest BCUT2D eigenvalue weighted by atomic mass is 9.69. The molecular formula is C28H24ClN7O4S2. The van der Waals surface area contributed by atoms with Crippen LogP contribution in [0.1, 0.15) is 38.2 Å². The van der Waals surface area contributed by atoms with Gasteiger partial charge in [-0.25, -0.2) is 0 Å². The summed E-state index contributed by atoms with van der Waals surface area (Å²) in [5.74, 6) is -0.896. The van der Waals surface area contributed by atoms with Crippen LogP contribution in [0, 0.1) is 26.9 Å². The maximum Gasteiger partial charge on any atom is 0.289 e. The zero-order valence-electron chi connectivity index (χ0n) is 22.5. The average Bonchev–Trinajstić information content (AvgIpc) is 3.40. The van der Waals surface area contributed by atoms with Crippen molar-refractivity contribution < 1.29 is 14.5 Å². The second-order valence-corrected chi connectivity index (χ2v) is 13.1. The third-order valence-electron chi connectivity index (χ3n) is 6.85. The maximum atomic E-state index is 13.6. The maximum absolute atomic E-state index is 13.6.